The molecular formula is C49H67BN3O9Si. The highest BCUT2D eigenvalue weighted by Crippen LogP contribution is 2.70. The summed E-state index contributed by atoms with van der Waals surface area (Å²) >= 11 is 0. The molecule has 8 aliphatic rings. The van der Waals surface area contributed by atoms with E-state index in [2.05, 4.69) is 79.2 Å². The first-order valence-corrected chi connectivity index (χ1v) is 26.7. The van der Waals surface area contributed by atoms with Gasteiger partial charge in [-0.2, -0.15) is 0 Å². The highest BCUT2D eigenvalue weighted by molar-refractivity contribution is 6.88. The summed E-state index contributed by atoms with van der Waals surface area (Å²) in [7, 11) is 6.85. The van der Waals surface area contributed by atoms with Crippen LogP contribution >= 0.6 is 0 Å². The van der Waals surface area contributed by atoms with Gasteiger partial charge in [0, 0.05) is 75.7 Å². The first kappa shape index (κ1) is 44.7. The van der Waals surface area contributed by atoms with Crippen LogP contribution in [0.3, 0.4) is 0 Å². The molecule has 339 valence electrons. The lowest BCUT2D eigenvalue weighted by Crippen LogP contribution is -2.79. The van der Waals surface area contributed by atoms with E-state index >= 15 is 4.79 Å². The SMILES string of the molecule is CC[C@]1(O)C[C@H]2CN(CCC3=C([B]c4ccc([Si](C)(C)C)cc43)[C@@](C(=O)OC)(C3C=C4C(=CC3OC)N(C)[C@H]3[C@@](O)(C(=O)OC)[C@H](OC(C)=O)[C@]5(CC)C=CCN6CC[C@]43[C@@H]65)C2)C1. The number of methoxy groups -OCH3 is 3. The van der Waals surface area contributed by atoms with Crippen LogP contribution in [-0.2, 0) is 33.3 Å². The fourth-order valence-electron chi connectivity index (χ4n) is 14.6. The number of fused-ring (bicyclic) bond motifs is 5. The molecule has 3 saturated heterocycles. The van der Waals surface area contributed by atoms with Crippen molar-refractivity contribution in [3.63, 3.8) is 0 Å². The van der Waals surface area contributed by atoms with Crippen molar-refractivity contribution in [3.8, 4) is 0 Å². The Kier molecular flexibility index (Phi) is 10.8. The van der Waals surface area contributed by atoms with Gasteiger partial charge in [-0.05, 0) is 73.8 Å². The molecule has 3 unspecified atom stereocenters. The molecule has 1 aromatic carbocycles. The Hall–Kier alpha value is -3.53. The molecular weight excluding hydrogens is 813 g/mol. The van der Waals surface area contributed by atoms with Crippen LogP contribution in [0.15, 0.2) is 59.2 Å². The van der Waals surface area contributed by atoms with E-state index in [0.717, 1.165) is 46.4 Å². The highest BCUT2D eigenvalue weighted by Gasteiger charge is 2.81. The van der Waals surface area contributed by atoms with Gasteiger partial charge >= 0.3 is 17.9 Å². The van der Waals surface area contributed by atoms with Crippen LogP contribution in [-0.4, -0.2) is 155 Å². The number of ether oxygens (including phenoxy) is 4. The molecule has 6 aliphatic heterocycles. The van der Waals surface area contributed by atoms with Crippen LogP contribution < -0.4 is 10.6 Å². The second-order valence-electron chi connectivity index (χ2n) is 21.1. The molecule has 0 amide bonds. The number of nitrogens with zero attached hydrogens (tertiary/aromatic N) is 3. The van der Waals surface area contributed by atoms with Crippen molar-refractivity contribution in [1.29, 1.82) is 0 Å². The number of likely N-dealkylation sites (N-methyl/N-ethyl adjacent to an activating group) is 1. The first-order valence-electron chi connectivity index (χ1n) is 23.2. The second-order valence-corrected chi connectivity index (χ2v) is 26.2. The Bertz CT molecular complexity index is 2240. The quantitative estimate of drug-likeness (QED) is 0.172. The maximum absolute atomic E-state index is 15.6. The summed E-state index contributed by atoms with van der Waals surface area (Å²) in [6.45, 7) is 15.9. The molecule has 2 bridgehead atoms. The normalized spacial score (nSPS) is 40.1. The monoisotopic (exact) mass is 880 g/mol. The van der Waals surface area contributed by atoms with Gasteiger partial charge in [0.2, 0.25) is 5.60 Å². The van der Waals surface area contributed by atoms with Crippen molar-refractivity contribution < 1.29 is 43.5 Å². The van der Waals surface area contributed by atoms with Crippen molar-refractivity contribution in [2.24, 2.45) is 28.1 Å². The topological polar surface area (TPSA) is 138 Å². The summed E-state index contributed by atoms with van der Waals surface area (Å²) in [5.74, 6) is -2.43. The van der Waals surface area contributed by atoms with Crippen molar-refractivity contribution in [2.45, 2.75) is 114 Å². The summed E-state index contributed by atoms with van der Waals surface area (Å²) < 4.78 is 24.4. The maximum Gasteiger partial charge on any atom is 0.344 e. The highest BCUT2D eigenvalue weighted by atomic mass is 28.3. The van der Waals surface area contributed by atoms with E-state index in [9.17, 15) is 19.8 Å². The molecule has 63 heavy (non-hydrogen) atoms. The van der Waals surface area contributed by atoms with Crippen LogP contribution in [0.25, 0.3) is 5.57 Å². The fourth-order valence-corrected chi connectivity index (χ4v) is 15.8. The summed E-state index contributed by atoms with van der Waals surface area (Å²) in [6.07, 6.45) is 9.99. The van der Waals surface area contributed by atoms with Gasteiger partial charge in [-0.1, -0.05) is 86.0 Å². The number of piperidine rings is 1. The molecule has 0 aromatic heterocycles. The number of hydrogen-bond acceptors (Lipinski definition) is 12. The van der Waals surface area contributed by atoms with Gasteiger partial charge in [-0.25, -0.2) is 4.79 Å². The van der Waals surface area contributed by atoms with Gasteiger partial charge in [-0.15, -0.1) is 0 Å². The van der Waals surface area contributed by atoms with E-state index in [1.165, 1.54) is 26.3 Å². The predicted molar refractivity (Wildman–Crippen MR) is 244 cm³/mol. The number of likely N-dealkylation sites (tertiary alicyclic amines) is 1. The summed E-state index contributed by atoms with van der Waals surface area (Å²) in [6, 6.07) is 5.68. The minimum atomic E-state index is -2.28. The van der Waals surface area contributed by atoms with E-state index in [-0.39, 0.29) is 17.9 Å². The van der Waals surface area contributed by atoms with Crippen LogP contribution in [0, 0.1) is 28.1 Å². The third-order valence-electron chi connectivity index (χ3n) is 17.1. The molecule has 1 aromatic rings. The van der Waals surface area contributed by atoms with Gasteiger partial charge in [0.25, 0.3) is 0 Å². The minimum absolute atomic E-state index is 0.0514. The van der Waals surface area contributed by atoms with Crippen molar-refractivity contribution >= 4 is 49.5 Å². The van der Waals surface area contributed by atoms with Gasteiger partial charge < -0.3 is 34.1 Å². The van der Waals surface area contributed by atoms with Crippen molar-refractivity contribution in [3.05, 3.63) is 64.8 Å². The number of carbonyl (C=O) groups excluding carboxylic acids is 3. The fraction of sp³-hybridized carbons (Fsp3) is 0.653. The number of esters is 3. The smallest absolute Gasteiger partial charge is 0.344 e. The molecule has 6 heterocycles. The summed E-state index contributed by atoms with van der Waals surface area (Å²) in [4.78, 5) is 50.0. The minimum Gasteiger partial charge on any atom is -0.468 e. The van der Waals surface area contributed by atoms with Crippen molar-refractivity contribution in [2.75, 3.05) is 61.1 Å². The third kappa shape index (κ3) is 6.13. The van der Waals surface area contributed by atoms with E-state index in [1.54, 1.807) is 7.11 Å². The molecule has 14 heteroatoms. The lowest BCUT2D eigenvalue weighted by atomic mass is 9.46. The lowest BCUT2D eigenvalue weighted by molar-refractivity contribution is -0.243. The number of benzene rings is 1. The molecule has 1 saturated carbocycles. The maximum atomic E-state index is 15.6. The Morgan fingerprint density at radius 3 is 2.37 bits per heavy atom. The number of hydrogen-bond donors (Lipinski definition) is 2. The number of rotatable bonds is 8. The van der Waals surface area contributed by atoms with Crippen molar-refractivity contribution in [1.82, 2.24) is 14.7 Å². The molecule has 1 spiro atoms. The number of allylic oxidation sites excluding steroid dienone is 1. The summed E-state index contributed by atoms with van der Waals surface area (Å²) in [5, 5.41) is 26.9. The van der Waals surface area contributed by atoms with E-state index < -0.39 is 71.6 Å². The predicted octanol–water partition coefficient (Wildman–Crippen LogP) is 3.35. The Balaban J connectivity index is 1.32. The van der Waals surface area contributed by atoms with Crippen LogP contribution in [0.5, 0.6) is 0 Å². The number of carbonyl (C=O) groups is 3. The third-order valence-corrected chi connectivity index (χ3v) is 19.1. The Morgan fingerprint density at radius 2 is 1.71 bits per heavy atom. The average molecular weight is 881 g/mol. The van der Waals surface area contributed by atoms with Gasteiger partial charge in [0.05, 0.1) is 45.5 Å². The second kappa shape index (κ2) is 15.3. The lowest BCUT2D eigenvalue weighted by Gasteiger charge is -2.63. The van der Waals surface area contributed by atoms with Gasteiger partial charge in [-0.3, -0.25) is 19.4 Å². The molecule has 1 radical (unpaired) electrons. The summed E-state index contributed by atoms with van der Waals surface area (Å²) in [5.41, 5.74) is -0.180. The molecule has 9 rings (SSSR count). The average Bonchev–Trinajstić information content (AvgIpc) is 3.92. The largest absolute Gasteiger partial charge is 0.468 e. The molecule has 4 fully saturated rings. The van der Waals surface area contributed by atoms with Crippen LogP contribution in [0.1, 0.15) is 64.9 Å². The van der Waals surface area contributed by atoms with Crippen LogP contribution in [0.4, 0.5) is 0 Å². The molecule has 12 nitrogen and oxygen atoms in total. The first-order chi connectivity index (χ1) is 29.8. The Morgan fingerprint density at radius 1 is 0.968 bits per heavy atom. The molecule has 12 atom stereocenters. The van der Waals surface area contributed by atoms with Crippen LogP contribution in [0.2, 0.25) is 19.6 Å². The van der Waals surface area contributed by atoms with E-state index in [0.29, 0.717) is 58.2 Å². The zero-order valence-electron chi connectivity index (χ0n) is 39.0. The molecule has 2 N–H and O–H groups in total. The van der Waals surface area contributed by atoms with Gasteiger partial charge in [0.1, 0.15) is 0 Å². The zero-order valence-corrected chi connectivity index (χ0v) is 40.0. The molecule has 2 aliphatic carbocycles. The van der Waals surface area contributed by atoms with E-state index in [1.807, 2.05) is 25.8 Å². The van der Waals surface area contributed by atoms with E-state index in [4.69, 9.17) is 18.9 Å². The zero-order chi connectivity index (χ0) is 45.2. The van der Waals surface area contributed by atoms with Gasteiger partial charge in [0.15, 0.2) is 13.4 Å². The Labute approximate surface area is 374 Å². The standard InChI is InChI=1S/C49H67BN3O9Si/c1-11-45(57)25-30-26-48(43(55)60-6,39-32(16-20-52(27-30)28-45)33-22-31(63(8,9)10)14-15-36(33)50-39)35-23-34-37(24-38(35)59-5)51(4)41-47(34)18-21-53-19-13-17-46(12-2,40(47)53)42(62-29(3)54)49(41,58)44(56)61-7/h13-15,17,22-24,30,35,38,40-42,57-58H,11-12,16,18-21,25-28H2,1-10H3/t30-,35?,38?,40+,41-,42-,45+,46-,47-,48+,49+/m1/s1. The number of aliphatic hydroxyl groups is 2.